The Labute approximate surface area is 196 Å². The number of benzene rings is 3. The molecule has 6 nitrogen and oxygen atoms in total. The number of fused-ring (bicyclic) bond motifs is 1. The first-order valence-corrected chi connectivity index (χ1v) is 11.7. The molecule has 7 heteroatoms. The molecule has 33 heavy (non-hydrogen) atoms. The molecule has 5 rings (SSSR count). The third-order valence-electron chi connectivity index (χ3n) is 5.88. The number of nitrogens with zero attached hydrogens (tertiary/aromatic N) is 2. The van der Waals surface area contributed by atoms with E-state index < -0.39 is 11.6 Å². The van der Waals surface area contributed by atoms with Gasteiger partial charge in [0.1, 0.15) is 5.54 Å². The van der Waals surface area contributed by atoms with Gasteiger partial charge in [0.05, 0.1) is 23.3 Å². The van der Waals surface area contributed by atoms with Crippen LogP contribution in [0.3, 0.4) is 0 Å². The molecule has 2 atom stereocenters. The standard InChI is InChI=1S/C26H23N3O3S/c30-25(31)28-24-29-26(14-15-32-17-22(26)33-24)20-12-7-13-21(16-20)27-23(18-8-3-1-4-9-18)19-10-5-2-6-11-19/h1-13,16,22H,14-15,17H2,(H,28,29)(H,30,31)/t22-,26-/m1/s1. The van der Waals surface area contributed by atoms with Gasteiger partial charge in [-0.15, -0.1) is 0 Å². The van der Waals surface area contributed by atoms with Crippen LogP contribution >= 0.6 is 11.8 Å². The summed E-state index contributed by atoms with van der Waals surface area (Å²) in [5.74, 6) is 0. The summed E-state index contributed by atoms with van der Waals surface area (Å²) in [5, 5.41) is 12.0. The average molecular weight is 458 g/mol. The number of carboxylic acid groups (broad SMARTS) is 1. The van der Waals surface area contributed by atoms with Gasteiger partial charge >= 0.3 is 6.09 Å². The number of carbonyl (C=O) groups is 1. The first-order valence-electron chi connectivity index (χ1n) is 10.8. The first-order chi connectivity index (χ1) is 16.1. The zero-order valence-corrected chi connectivity index (χ0v) is 18.7. The summed E-state index contributed by atoms with van der Waals surface area (Å²) in [6.07, 6.45) is -0.419. The van der Waals surface area contributed by atoms with Gasteiger partial charge in [-0.25, -0.2) is 14.8 Å². The number of ether oxygens (including phenoxy) is 1. The predicted molar refractivity (Wildman–Crippen MR) is 132 cm³/mol. The fourth-order valence-corrected chi connectivity index (χ4v) is 5.62. The Bertz CT molecular complexity index is 1170. The van der Waals surface area contributed by atoms with E-state index in [1.807, 2.05) is 48.5 Å². The molecule has 2 aliphatic rings. The Balaban J connectivity index is 1.58. The van der Waals surface area contributed by atoms with Crippen LogP contribution in [0.4, 0.5) is 10.5 Å². The second-order valence-electron chi connectivity index (χ2n) is 7.95. The van der Waals surface area contributed by atoms with Crippen molar-refractivity contribution in [2.45, 2.75) is 17.2 Å². The number of nitrogens with one attached hydrogen (secondary N) is 1. The first kappa shape index (κ1) is 21.4. The summed E-state index contributed by atoms with van der Waals surface area (Å²) < 4.78 is 5.70. The quantitative estimate of drug-likeness (QED) is 0.527. The smallest absolute Gasteiger partial charge is 0.410 e. The topological polar surface area (TPSA) is 83.3 Å². The molecule has 0 spiro atoms. The van der Waals surface area contributed by atoms with Gasteiger partial charge in [-0.05, 0) is 17.7 Å². The summed E-state index contributed by atoms with van der Waals surface area (Å²) in [6, 6.07) is 28.4. The van der Waals surface area contributed by atoms with Gasteiger partial charge in [-0.2, -0.15) is 0 Å². The Morgan fingerprint density at radius 2 is 1.73 bits per heavy atom. The van der Waals surface area contributed by atoms with Gasteiger partial charge in [0.15, 0.2) is 5.17 Å². The van der Waals surface area contributed by atoms with Crippen LogP contribution in [0.1, 0.15) is 23.1 Å². The van der Waals surface area contributed by atoms with E-state index in [1.54, 1.807) is 0 Å². The minimum absolute atomic E-state index is 0.00930. The molecule has 1 fully saturated rings. The molecule has 1 saturated heterocycles. The fourth-order valence-electron chi connectivity index (χ4n) is 4.32. The highest BCUT2D eigenvalue weighted by Crippen LogP contribution is 2.48. The molecule has 0 bridgehead atoms. The summed E-state index contributed by atoms with van der Waals surface area (Å²) in [5.41, 5.74) is 4.29. The molecular formula is C26H23N3O3S. The van der Waals surface area contributed by atoms with E-state index in [2.05, 4.69) is 41.7 Å². The highest BCUT2D eigenvalue weighted by Gasteiger charge is 2.48. The lowest BCUT2D eigenvalue weighted by Crippen LogP contribution is -2.41. The van der Waals surface area contributed by atoms with Crippen molar-refractivity contribution in [1.82, 2.24) is 5.32 Å². The zero-order chi connectivity index (χ0) is 22.7. The van der Waals surface area contributed by atoms with Crippen LogP contribution in [0.25, 0.3) is 0 Å². The number of amidine groups is 1. The monoisotopic (exact) mass is 457 g/mol. The summed E-state index contributed by atoms with van der Waals surface area (Å²) in [7, 11) is 0. The van der Waals surface area contributed by atoms with Crippen molar-refractivity contribution >= 4 is 34.4 Å². The lowest BCUT2D eigenvalue weighted by atomic mass is 9.83. The van der Waals surface area contributed by atoms with E-state index in [-0.39, 0.29) is 5.25 Å². The van der Waals surface area contributed by atoms with E-state index in [0.717, 1.165) is 28.1 Å². The number of rotatable bonds is 4. The lowest BCUT2D eigenvalue weighted by Gasteiger charge is -2.36. The van der Waals surface area contributed by atoms with Crippen molar-refractivity contribution in [1.29, 1.82) is 0 Å². The fraction of sp³-hybridized carbons (Fsp3) is 0.192. The van der Waals surface area contributed by atoms with E-state index in [0.29, 0.717) is 24.8 Å². The van der Waals surface area contributed by atoms with Crippen LogP contribution in [0.15, 0.2) is 94.9 Å². The van der Waals surface area contributed by atoms with E-state index in [9.17, 15) is 4.79 Å². The van der Waals surface area contributed by atoms with Crippen molar-refractivity contribution in [3.8, 4) is 0 Å². The molecule has 1 amide bonds. The van der Waals surface area contributed by atoms with Crippen molar-refractivity contribution in [2.75, 3.05) is 13.2 Å². The van der Waals surface area contributed by atoms with Crippen molar-refractivity contribution in [3.63, 3.8) is 0 Å². The third-order valence-corrected chi connectivity index (χ3v) is 7.11. The summed E-state index contributed by atoms with van der Waals surface area (Å²) >= 11 is 1.43. The van der Waals surface area contributed by atoms with E-state index >= 15 is 0 Å². The molecule has 0 radical (unpaired) electrons. The van der Waals surface area contributed by atoms with Crippen molar-refractivity contribution in [2.24, 2.45) is 9.98 Å². The maximum Gasteiger partial charge on any atom is 0.410 e. The number of aliphatic imine (C=N–C) groups is 2. The molecular weight excluding hydrogens is 434 g/mol. The van der Waals surface area contributed by atoms with Gasteiger partial charge in [0, 0.05) is 24.2 Å². The van der Waals surface area contributed by atoms with E-state index in [1.165, 1.54) is 11.8 Å². The molecule has 3 aromatic rings. The Hall–Kier alpha value is -3.42. The summed E-state index contributed by atoms with van der Waals surface area (Å²) in [4.78, 5) is 21.1. The Morgan fingerprint density at radius 3 is 2.39 bits per heavy atom. The number of hydrogen-bond donors (Lipinski definition) is 2. The van der Waals surface area contributed by atoms with Gasteiger partial charge in [-0.1, -0.05) is 84.6 Å². The van der Waals surface area contributed by atoms with Crippen LogP contribution in [-0.4, -0.2) is 40.5 Å². The molecule has 0 aromatic heterocycles. The van der Waals surface area contributed by atoms with Crippen molar-refractivity contribution < 1.29 is 14.6 Å². The molecule has 166 valence electrons. The van der Waals surface area contributed by atoms with Crippen LogP contribution in [0, 0.1) is 0 Å². The SMILES string of the molecule is O=C(O)NC1=N[C@@]2(c3cccc(N=C(c4ccccc4)c4ccccc4)c3)CCOC[C@H]2S1. The second-order valence-corrected chi connectivity index (χ2v) is 9.14. The normalized spacial score (nSPS) is 21.6. The highest BCUT2D eigenvalue weighted by atomic mass is 32.2. The minimum atomic E-state index is -1.11. The maximum absolute atomic E-state index is 11.2. The molecule has 2 heterocycles. The number of thioether (sulfide) groups is 1. The van der Waals surface area contributed by atoms with Crippen LogP contribution in [0.2, 0.25) is 0 Å². The average Bonchev–Trinajstić information content (AvgIpc) is 3.22. The van der Waals surface area contributed by atoms with Gasteiger partial charge in [0.25, 0.3) is 0 Å². The maximum atomic E-state index is 11.2. The van der Waals surface area contributed by atoms with Gasteiger partial charge in [-0.3, -0.25) is 5.32 Å². The largest absolute Gasteiger partial charge is 0.465 e. The van der Waals surface area contributed by atoms with Gasteiger partial charge < -0.3 is 9.84 Å². The van der Waals surface area contributed by atoms with E-state index in [4.69, 9.17) is 19.8 Å². The lowest BCUT2D eigenvalue weighted by molar-refractivity contribution is 0.0611. The van der Waals surface area contributed by atoms with Crippen molar-refractivity contribution in [3.05, 3.63) is 102 Å². The predicted octanol–water partition coefficient (Wildman–Crippen LogP) is 5.21. The Morgan fingerprint density at radius 1 is 1.03 bits per heavy atom. The number of amides is 1. The molecule has 0 aliphatic carbocycles. The highest BCUT2D eigenvalue weighted by molar-refractivity contribution is 8.14. The summed E-state index contributed by atoms with van der Waals surface area (Å²) in [6.45, 7) is 1.10. The van der Waals surface area contributed by atoms with Gasteiger partial charge in [0.2, 0.25) is 0 Å². The number of hydrogen-bond acceptors (Lipinski definition) is 5. The third kappa shape index (κ3) is 4.42. The Kier molecular flexibility index (Phi) is 5.98. The van der Waals surface area contributed by atoms with Crippen LogP contribution < -0.4 is 5.32 Å². The molecule has 2 aliphatic heterocycles. The molecule has 0 saturated carbocycles. The second kappa shape index (κ2) is 9.21. The minimum Gasteiger partial charge on any atom is -0.465 e. The molecule has 3 aromatic carbocycles. The molecule has 0 unspecified atom stereocenters. The van der Waals surface area contributed by atoms with Crippen LogP contribution in [0.5, 0.6) is 0 Å². The van der Waals surface area contributed by atoms with Crippen LogP contribution in [-0.2, 0) is 10.3 Å². The molecule has 2 N–H and O–H groups in total. The zero-order valence-electron chi connectivity index (χ0n) is 17.8.